The quantitative estimate of drug-likeness (QED) is 0.323. The van der Waals surface area contributed by atoms with Gasteiger partial charge in [-0.25, -0.2) is 0 Å². The minimum absolute atomic E-state index is 0. The van der Waals surface area contributed by atoms with E-state index in [1.165, 1.54) is 12.8 Å². The molecule has 1 nitrogen and oxygen atoms in total. The minimum Gasteiger partial charge on any atom is -1.00 e. The van der Waals surface area contributed by atoms with E-state index in [1.54, 1.807) is 0 Å². The van der Waals surface area contributed by atoms with Gasteiger partial charge >= 0.3 is 23.1 Å². The first-order valence-electron chi connectivity index (χ1n) is 5.16. The summed E-state index contributed by atoms with van der Waals surface area (Å²) in [4.78, 5) is 0. The molecule has 0 radical (unpaired) electrons. The maximum absolute atomic E-state index is 12.4. The minimum atomic E-state index is -0.649. The van der Waals surface area contributed by atoms with Crippen molar-refractivity contribution < 1.29 is 29.1 Å². The van der Waals surface area contributed by atoms with Gasteiger partial charge in [-0.15, -0.1) is 5.60 Å². The van der Waals surface area contributed by atoms with Crippen LogP contribution in [-0.4, -0.2) is 28.7 Å². The van der Waals surface area contributed by atoms with Gasteiger partial charge in [0.2, 0.25) is 0 Å². The van der Waals surface area contributed by atoms with E-state index < -0.39 is 5.60 Å². The van der Waals surface area contributed by atoms with Crippen molar-refractivity contribution in [1.82, 2.24) is 0 Å². The standard InChI is InChI=1S/C11H21O.HI.Mg/c1-10(2,3)11(12)8-6-4-5-7-9-11;;/h4-9H2,1-3H3;1H;/q-1;;+2/p-1. The summed E-state index contributed by atoms with van der Waals surface area (Å²) in [5, 5.41) is 12.4. The number of hydrogen-bond acceptors (Lipinski definition) is 1. The fraction of sp³-hybridized carbons (Fsp3) is 1.00. The molecule has 0 heterocycles. The largest absolute Gasteiger partial charge is 2.00 e. The molecule has 0 aliphatic heterocycles. The monoisotopic (exact) mass is 320 g/mol. The van der Waals surface area contributed by atoms with Gasteiger partial charge in [0.05, 0.1) is 0 Å². The SMILES string of the molecule is CC(C)(C)C1([O-])CCCCCC1.[I-].[Mg+2]. The summed E-state index contributed by atoms with van der Waals surface area (Å²) < 4.78 is 0. The Balaban J connectivity index is 0. The molecule has 1 aliphatic carbocycles. The van der Waals surface area contributed by atoms with Gasteiger partial charge in [0, 0.05) is 0 Å². The number of hydrogen-bond donors (Lipinski definition) is 0. The van der Waals surface area contributed by atoms with Crippen molar-refractivity contribution in [2.45, 2.75) is 64.9 Å². The Bertz CT molecular complexity index is 146. The molecular formula is C11H21IMgO. The van der Waals surface area contributed by atoms with Crippen LogP contribution < -0.4 is 29.1 Å². The summed E-state index contributed by atoms with van der Waals surface area (Å²) in [6.45, 7) is 6.27. The second kappa shape index (κ2) is 6.91. The van der Waals surface area contributed by atoms with Gasteiger partial charge in [-0.2, -0.15) is 0 Å². The third-order valence-corrected chi connectivity index (χ3v) is 3.28. The van der Waals surface area contributed by atoms with Gasteiger partial charge in [-0.1, -0.05) is 59.3 Å². The average molecular weight is 320 g/mol. The molecule has 0 aromatic rings. The van der Waals surface area contributed by atoms with Crippen LogP contribution in [0, 0.1) is 5.41 Å². The van der Waals surface area contributed by atoms with Crippen LogP contribution >= 0.6 is 0 Å². The topological polar surface area (TPSA) is 23.1 Å². The van der Waals surface area contributed by atoms with E-state index in [2.05, 4.69) is 20.8 Å². The zero-order valence-electron chi connectivity index (χ0n) is 9.74. The Morgan fingerprint density at radius 1 is 0.929 bits per heavy atom. The molecule has 3 heteroatoms. The summed E-state index contributed by atoms with van der Waals surface area (Å²) in [6.07, 6.45) is 6.58. The summed E-state index contributed by atoms with van der Waals surface area (Å²) in [6, 6.07) is 0. The van der Waals surface area contributed by atoms with Gasteiger partial charge in [-0.05, 0) is 5.41 Å². The first-order chi connectivity index (χ1) is 5.46. The molecule has 0 spiro atoms. The molecule has 0 saturated heterocycles. The van der Waals surface area contributed by atoms with E-state index in [9.17, 15) is 5.11 Å². The molecule has 0 aromatic heterocycles. The van der Waals surface area contributed by atoms with Gasteiger partial charge in [-0.3, -0.25) is 0 Å². The Morgan fingerprint density at radius 3 is 1.57 bits per heavy atom. The third kappa shape index (κ3) is 4.54. The van der Waals surface area contributed by atoms with E-state index in [0.717, 1.165) is 25.7 Å². The molecule has 0 bridgehead atoms. The van der Waals surface area contributed by atoms with E-state index in [4.69, 9.17) is 0 Å². The molecule has 1 rings (SSSR count). The molecule has 0 unspecified atom stereocenters. The van der Waals surface area contributed by atoms with Gasteiger partial charge in [0.1, 0.15) is 0 Å². The fourth-order valence-corrected chi connectivity index (χ4v) is 2.05. The molecular weight excluding hydrogens is 299 g/mol. The van der Waals surface area contributed by atoms with Crippen molar-refractivity contribution in [1.29, 1.82) is 0 Å². The second-order valence-corrected chi connectivity index (χ2v) is 5.16. The van der Waals surface area contributed by atoms with Crippen LogP contribution in [-0.2, 0) is 0 Å². The third-order valence-electron chi connectivity index (χ3n) is 3.28. The van der Waals surface area contributed by atoms with Gasteiger partial charge < -0.3 is 29.1 Å². The summed E-state index contributed by atoms with van der Waals surface area (Å²) in [7, 11) is 0. The molecule has 80 valence electrons. The van der Waals surface area contributed by atoms with Crippen molar-refractivity contribution in [3.8, 4) is 0 Å². The molecule has 14 heavy (non-hydrogen) atoms. The van der Waals surface area contributed by atoms with Crippen LogP contribution in [0.1, 0.15) is 59.3 Å². The predicted octanol–water partition coefficient (Wildman–Crippen LogP) is -0.891. The Hall–Kier alpha value is 1.46. The van der Waals surface area contributed by atoms with E-state index >= 15 is 0 Å². The number of halogens is 1. The van der Waals surface area contributed by atoms with E-state index in [-0.39, 0.29) is 52.4 Å². The van der Waals surface area contributed by atoms with E-state index in [0.29, 0.717) is 0 Å². The average Bonchev–Trinajstić information content (AvgIpc) is 2.12. The molecule has 0 amide bonds. The summed E-state index contributed by atoms with van der Waals surface area (Å²) in [5.41, 5.74) is -0.707. The zero-order valence-corrected chi connectivity index (χ0v) is 13.3. The molecule has 0 aromatic carbocycles. The van der Waals surface area contributed by atoms with Crippen LogP contribution in [0.4, 0.5) is 0 Å². The molecule has 0 atom stereocenters. The summed E-state index contributed by atoms with van der Waals surface area (Å²) in [5.74, 6) is 0. The molecule has 1 fully saturated rings. The van der Waals surface area contributed by atoms with Crippen LogP contribution in [0.15, 0.2) is 0 Å². The number of rotatable bonds is 0. The maximum Gasteiger partial charge on any atom is 2.00 e. The first-order valence-corrected chi connectivity index (χ1v) is 5.16. The maximum atomic E-state index is 12.4. The fourth-order valence-electron chi connectivity index (χ4n) is 2.05. The van der Waals surface area contributed by atoms with E-state index in [1.807, 2.05) is 0 Å². The Kier molecular flexibility index (Phi) is 8.81. The van der Waals surface area contributed by atoms with Crippen LogP contribution in [0.2, 0.25) is 0 Å². The Labute approximate surface area is 122 Å². The zero-order chi connectivity index (χ0) is 9.24. The van der Waals surface area contributed by atoms with Crippen molar-refractivity contribution >= 4 is 23.1 Å². The van der Waals surface area contributed by atoms with Crippen LogP contribution in [0.3, 0.4) is 0 Å². The van der Waals surface area contributed by atoms with Gasteiger partial charge in [0.15, 0.2) is 0 Å². The van der Waals surface area contributed by atoms with Crippen LogP contribution in [0.5, 0.6) is 0 Å². The molecule has 1 saturated carbocycles. The predicted molar refractivity (Wildman–Crippen MR) is 55.6 cm³/mol. The summed E-state index contributed by atoms with van der Waals surface area (Å²) >= 11 is 0. The van der Waals surface area contributed by atoms with Crippen molar-refractivity contribution in [2.24, 2.45) is 5.41 Å². The molecule has 0 N–H and O–H groups in total. The van der Waals surface area contributed by atoms with Crippen molar-refractivity contribution in [3.63, 3.8) is 0 Å². The van der Waals surface area contributed by atoms with Crippen molar-refractivity contribution in [3.05, 3.63) is 0 Å². The van der Waals surface area contributed by atoms with Crippen molar-refractivity contribution in [2.75, 3.05) is 0 Å². The van der Waals surface area contributed by atoms with Gasteiger partial charge in [0.25, 0.3) is 0 Å². The molecule has 1 aliphatic rings. The second-order valence-electron chi connectivity index (χ2n) is 5.16. The first kappa shape index (κ1) is 17.8. The Morgan fingerprint density at radius 2 is 1.29 bits per heavy atom. The van der Waals surface area contributed by atoms with Crippen LogP contribution in [0.25, 0.3) is 0 Å². The smallest absolute Gasteiger partial charge is 1.00 e. The normalized spacial score (nSPS) is 21.4.